The van der Waals surface area contributed by atoms with E-state index in [0.29, 0.717) is 0 Å². The number of carboxylic acid groups (broad SMARTS) is 1. The second kappa shape index (κ2) is 5.67. The highest BCUT2D eigenvalue weighted by Crippen LogP contribution is 2.13. The molecule has 0 aliphatic rings. The lowest BCUT2D eigenvalue weighted by Gasteiger charge is -2.22. The van der Waals surface area contributed by atoms with Crippen LogP contribution >= 0.6 is 0 Å². The van der Waals surface area contributed by atoms with Crippen LogP contribution in [0.2, 0.25) is 0 Å². The van der Waals surface area contributed by atoms with Gasteiger partial charge in [-0.1, -0.05) is 51.1 Å². The maximum Gasteiger partial charge on any atom is 0.326 e. The fourth-order valence-electron chi connectivity index (χ4n) is 1.42. The van der Waals surface area contributed by atoms with Gasteiger partial charge < -0.3 is 10.4 Å². The summed E-state index contributed by atoms with van der Waals surface area (Å²) in [5.74, 6) is -1.28. The van der Waals surface area contributed by atoms with Gasteiger partial charge in [0.15, 0.2) is 0 Å². The Morgan fingerprint density at radius 3 is 2.22 bits per heavy atom. The van der Waals surface area contributed by atoms with Gasteiger partial charge in [-0.25, -0.2) is 4.79 Å². The zero-order chi connectivity index (χ0) is 13.8. The Morgan fingerprint density at radius 1 is 1.22 bits per heavy atom. The fraction of sp³-hybridized carbons (Fsp3) is 0.429. The summed E-state index contributed by atoms with van der Waals surface area (Å²) in [5, 5.41) is 11.7. The fourth-order valence-corrected chi connectivity index (χ4v) is 1.42. The van der Waals surface area contributed by atoms with E-state index >= 15 is 0 Å². The maximum absolute atomic E-state index is 11.8. The Labute approximate surface area is 107 Å². The standard InChI is InChI=1S/C14H19NO3/c1-14(2,3)13(18)15-11(12(16)17)9-10-7-5-4-6-8-10/h4-8,11H,9H2,1-3H3,(H,15,18)(H,16,17)/t11-/m1/s1. The first kappa shape index (κ1) is 14.2. The minimum atomic E-state index is -1.02. The maximum atomic E-state index is 11.8. The molecule has 0 heterocycles. The van der Waals surface area contributed by atoms with Gasteiger partial charge in [-0.2, -0.15) is 0 Å². The van der Waals surface area contributed by atoms with Gasteiger partial charge >= 0.3 is 5.97 Å². The minimum Gasteiger partial charge on any atom is -0.480 e. The monoisotopic (exact) mass is 249 g/mol. The van der Waals surface area contributed by atoms with Crippen LogP contribution in [0, 0.1) is 5.41 Å². The number of hydrogen-bond acceptors (Lipinski definition) is 2. The number of hydrogen-bond donors (Lipinski definition) is 2. The molecule has 1 atom stereocenters. The van der Waals surface area contributed by atoms with Gasteiger partial charge in [-0.3, -0.25) is 4.79 Å². The van der Waals surface area contributed by atoms with Gasteiger partial charge in [-0.05, 0) is 5.56 Å². The van der Waals surface area contributed by atoms with Gasteiger partial charge in [0.25, 0.3) is 0 Å². The molecule has 1 aromatic carbocycles. The number of rotatable bonds is 4. The second-order valence-corrected chi connectivity index (χ2v) is 5.30. The zero-order valence-corrected chi connectivity index (χ0v) is 10.9. The van der Waals surface area contributed by atoms with Crippen LogP contribution < -0.4 is 5.32 Å². The Balaban J connectivity index is 2.73. The molecular weight excluding hydrogens is 230 g/mol. The van der Waals surface area contributed by atoms with Crippen molar-refractivity contribution in [1.29, 1.82) is 0 Å². The first-order chi connectivity index (χ1) is 8.30. The zero-order valence-electron chi connectivity index (χ0n) is 10.9. The number of carboxylic acids is 1. The van der Waals surface area contributed by atoms with Crippen molar-refractivity contribution in [3.8, 4) is 0 Å². The quantitative estimate of drug-likeness (QED) is 0.855. The summed E-state index contributed by atoms with van der Waals surface area (Å²) in [6, 6.07) is 8.37. The van der Waals surface area contributed by atoms with E-state index in [1.165, 1.54) is 0 Å². The van der Waals surface area contributed by atoms with E-state index in [4.69, 9.17) is 5.11 Å². The second-order valence-electron chi connectivity index (χ2n) is 5.30. The molecule has 2 N–H and O–H groups in total. The summed E-state index contributed by atoms with van der Waals surface area (Å²) in [6.07, 6.45) is 0.290. The van der Waals surface area contributed by atoms with Crippen LogP contribution in [0.3, 0.4) is 0 Å². The normalized spacial score (nSPS) is 12.8. The molecule has 0 radical (unpaired) electrons. The van der Waals surface area contributed by atoms with E-state index in [-0.39, 0.29) is 12.3 Å². The molecule has 0 bridgehead atoms. The van der Waals surface area contributed by atoms with Crippen LogP contribution in [0.1, 0.15) is 26.3 Å². The third-order valence-corrected chi connectivity index (χ3v) is 2.57. The van der Waals surface area contributed by atoms with Crippen LogP contribution in [0.25, 0.3) is 0 Å². The number of carbonyl (C=O) groups is 2. The van der Waals surface area contributed by atoms with Crippen molar-refractivity contribution in [1.82, 2.24) is 5.32 Å². The lowest BCUT2D eigenvalue weighted by molar-refractivity contribution is -0.143. The molecule has 1 amide bonds. The van der Waals surface area contributed by atoms with Gasteiger partial charge in [0, 0.05) is 11.8 Å². The summed E-state index contributed by atoms with van der Waals surface area (Å²) in [4.78, 5) is 22.9. The molecule has 0 aliphatic carbocycles. The van der Waals surface area contributed by atoms with Crippen molar-refractivity contribution < 1.29 is 14.7 Å². The Bertz CT molecular complexity index is 420. The highest BCUT2D eigenvalue weighted by Gasteiger charge is 2.27. The summed E-state index contributed by atoms with van der Waals surface area (Å²) in [7, 11) is 0. The molecule has 0 spiro atoms. The molecule has 1 aromatic rings. The SMILES string of the molecule is CC(C)(C)C(=O)N[C@H](Cc1ccccc1)C(=O)O. The average molecular weight is 249 g/mol. The van der Waals surface area contributed by atoms with Crippen molar-refractivity contribution in [2.75, 3.05) is 0 Å². The van der Waals surface area contributed by atoms with Crippen molar-refractivity contribution >= 4 is 11.9 Å². The number of carbonyl (C=O) groups excluding carboxylic acids is 1. The smallest absolute Gasteiger partial charge is 0.326 e. The lowest BCUT2D eigenvalue weighted by atomic mass is 9.94. The highest BCUT2D eigenvalue weighted by molar-refractivity contribution is 5.86. The van der Waals surface area contributed by atoms with Crippen LogP contribution in [0.15, 0.2) is 30.3 Å². The van der Waals surface area contributed by atoms with E-state index in [9.17, 15) is 9.59 Å². The lowest BCUT2D eigenvalue weighted by Crippen LogP contribution is -2.46. The first-order valence-electron chi connectivity index (χ1n) is 5.88. The molecule has 0 aliphatic heterocycles. The molecule has 0 fully saturated rings. The Morgan fingerprint density at radius 2 is 1.78 bits per heavy atom. The van der Waals surface area contributed by atoms with Gasteiger partial charge in [0.2, 0.25) is 5.91 Å². The molecular formula is C14H19NO3. The van der Waals surface area contributed by atoms with Crippen molar-refractivity contribution in [3.63, 3.8) is 0 Å². The molecule has 98 valence electrons. The van der Waals surface area contributed by atoms with Crippen LogP contribution in [-0.4, -0.2) is 23.0 Å². The Hall–Kier alpha value is -1.84. The Kier molecular flexibility index (Phi) is 4.48. The predicted octanol–water partition coefficient (Wildman–Crippen LogP) is 1.84. The number of aliphatic carboxylic acids is 1. The van der Waals surface area contributed by atoms with E-state index in [0.717, 1.165) is 5.56 Å². The molecule has 18 heavy (non-hydrogen) atoms. The van der Waals surface area contributed by atoms with E-state index in [1.54, 1.807) is 20.8 Å². The summed E-state index contributed by atoms with van der Waals surface area (Å²) >= 11 is 0. The van der Waals surface area contributed by atoms with Crippen LogP contribution in [0.4, 0.5) is 0 Å². The molecule has 0 unspecified atom stereocenters. The van der Waals surface area contributed by atoms with Crippen LogP contribution in [0.5, 0.6) is 0 Å². The molecule has 4 nitrogen and oxygen atoms in total. The molecule has 4 heteroatoms. The van der Waals surface area contributed by atoms with E-state index < -0.39 is 17.4 Å². The topological polar surface area (TPSA) is 66.4 Å². The number of benzene rings is 1. The highest BCUT2D eigenvalue weighted by atomic mass is 16.4. The van der Waals surface area contributed by atoms with Crippen molar-refractivity contribution in [2.24, 2.45) is 5.41 Å². The average Bonchev–Trinajstić information content (AvgIpc) is 2.28. The summed E-state index contributed by atoms with van der Waals surface area (Å²) in [5.41, 5.74) is 0.295. The summed E-state index contributed by atoms with van der Waals surface area (Å²) < 4.78 is 0. The predicted molar refractivity (Wildman–Crippen MR) is 69.2 cm³/mol. The molecule has 0 aromatic heterocycles. The summed E-state index contributed by atoms with van der Waals surface area (Å²) in [6.45, 7) is 5.26. The van der Waals surface area contributed by atoms with Gasteiger partial charge in [0.05, 0.1) is 0 Å². The third-order valence-electron chi connectivity index (χ3n) is 2.57. The first-order valence-corrected chi connectivity index (χ1v) is 5.88. The largest absolute Gasteiger partial charge is 0.480 e. The molecule has 0 saturated carbocycles. The molecule has 0 saturated heterocycles. The van der Waals surface area contributed by atoms with Crippen molar-refractivity contribution in [3.05, 3.63) is 35.9 Å². The molecule has 1 rings (SSSR count). The van der Waals surface area contributed by atoms with Gasteiger partial charge in [0.1, 0.15) is 6.04 Å². The minimum absolute atomic E-state index is 0.258. The van der Waals surface area contributed by atoms with Crippen LogP contribution in [-0.2, 0) is 16.0 Å². The number of nitrogens with one attached hydrogen (secondary N) is 1. The van der Waals surface area contributed by atoms with E-state index in [1.807, 2.05) is 30.3 Å². The van der Waals surface area contributed by atoms with E-state index in [2.05, 4.69) is 5.32 Å². The third kappa shape index (κ3) is 4.20. The number of amides is 1. The van der Waals surface area contributed by atoms with Crippen molar-refractivity contribution in [2.45, 2.75) is 33.2 Å². The van der Waals surface area contributed by atoms with Gasteiger partial charge in [-0.15, -0.1) is 0 Å².